The van der Waals surface area contributed by atoms with E-state index in [0.717, 1.165) is 13.1 Å². The first-order valence-corrected chi connectivity index (χ1v) is 7.50. The number of imidazole rings is 1. The standard InChI is InChI=1S/C14H19N3S/c1-11(14-5-3-7-18-14)17-10-16-9-13(17)12-4-2-6-15-8-12/h3,5,7,9-12,15H,2,4,6,8H2,1H3. The van der Waals surface area contributed by atoms with Gasteiger partial charge in [-0.1, -0.05) is 6.07 Å². The van der Waals surface area contributed by atoms with Crippen LogP contribution < -0.4 is 5.32 Å². The third kappa shape index (κ3) is 2.22. The summed E-state index contributed by atoms with van der Waals surface area (Å²) in [7, 11) is 0. The van der Waals surface area contributed by atoms with Crippen LogP contribution in [-0.4, -0.2) is 22.6 Å². The van der Waals surface area contributed by atoms with Gasteiger partial charge in [-0.05, 0) is 37.8 Å². The first-order chi connectivity index (χ1) is 8.86. The largest absolute Gasteiger partial charge is 0.326 e. The van der Waals surface area contributed by atoms with Gasteiger partial charge in [0.1, 0.15) is 0 Å². The first-order valence-electron chi connectivity index (χ1n) is 6.62. The smallest absolute Gasteiger partial charge is 0.0954 e. The lowest BCUT2D eigenvalue weighted by atomic mass is 9.96. The van der Waals surface area contributed by atoms with Crippen LogP contribution in [0.3, 0.4) is 0 Å². The van der Waals surface area contributed by atoms with Gasteiger partial charge in [-0.25, -0.2) is 4.98 Å². The van der Waals surface area contributed by atoms with Crippen molar-refractivity contribution in [2.24, 2.45) is 0 Å². The number of hydrogen-bond acceptors (Lipinski definition) is 3. The zero-order chi connectivity index (χ0) is 12.4. The summed E-state index contributed by atoms with van der Waals surface area (Å²) in [6.07, 6.45) is 6.56. The number of hydrogen-bond donors (Lipinski definition) is 1. The highest BCUT2D eigenvalue weighted by molar-refractivity contribution is 7.10. The van der Waals surface area contributed by atoms with E-state index >= 15 is 0 Å². The number of piperidine rings is 1. The maximum atomic E-state index is 4.37. The molecule has 0 radical (unpaired) electrons. The minimum absolute atomic E-state index is 0.393. The normalized spacial score (nSPS) is 21.9. The molecule has 1 aliphatic rings. The predicted octanol–water partition coefficient (Wildman–Crippen LogP) is 3.02. The van der Waals surface area contributed by atoms with E-state index < -0.39 is 0 Å². The van der Waals surface area contributed by atoms with Crippen molar-refractivity contribution in [1.82, 2.24) is 14.9 Å². The first kappa shape index (κ1) is 11.9. The molecule has 2 aromatic heterocycles. The Hall–Kier alpha value is -1.13. The van der Waals surface area contributed by atoms with Crippen molar-refractivity contribution >= 4 is 11.3 Å². The molecule has 0 aromatic carbocycles. The molecular formula is C14H19N3S. The highest BCUT2D eigenvalue weighted by Crippen LogP contribution is 2.29. The average molecular weight is 261 g/mol. The van der Waals surface area contributed by atoms with E-state index in [-0.39, 0.29) is 0 Å². The molecule has 0 aliphatic carbocycles. The van der Waals surface area contributed by atoms with E-state index in [4.69, 9.17) is 0 Å². The summed E-state index contributed by atoms with van der Waals surface area (Å²) in [6.45, 7) is 4.50. The van der Waals surface area contributed by atoms with Crippen LogP contribution in [-0.2, 0) is 0 Å². The quantitative estimate of drug-likeness (QED) is 0.920. The Morgan fingerprint density at radius 1 is 1.56 bits per heavy atom. The van der Waals surface area contributed by atoms with Gasteiger partial charge in [0, 0.05) is 29.2 Å². The van der Waals surface area contributed by atoms with Gasteiger partial charge in [0.15, 0.2) is 0 Å². The van der Waals surface area contributed by atoms with E-state index in [1.807, 2.05) is 23.9 Å². The number of aromatic nitrogens is 2. The molecule has 2 unspecified atom stereocenters. The van der Waals surface area contributed by atoms with Crippen molar-refractivity contribution in [3.05, 3.63) is 40.6 Å². The second-order valence-electron chi connectivity index (χ2n) is 4.96. The summed E-state index contributed by atoms with van der Waals surface area (Å²) in [4.78, 5) is 5.77. The molecule has 96 valence electrons. The van der Waals surface area contributed by atoms with E-state index in [2.05, 4.69) is 39.3 Å². The number of nitrogens with one attached hydrogen (secondary N) is 1. The topological polar surface area (TPSA) is 29.9 Å². The lowest BCUT2D eigenvalue weighted by Gasteiger charge is -2.25. The third-order valence-corrected chi connectivity index (χ3v) is 4.83. The van der Waals surface area contributed by atoms with Gasteiger partial charge in [0.2, 0.25) is 0 Å². The lowest BCUT2D eigenvalue weighted by molar-refractivity contribution is 0.436. The van der Waals surface area contributed by atoms with Gasteiger partial charge in [0.25, 0.3) is 0 Å². The van der Waals surface area contributed by atoms with Crippen LogP contribution in [0, 0.1) is 0 Å². The van der Waals surface area contributed by atoms with E-state index in [9.17, 15) is 0 Å². The van der Waals surface area contributed by atoms with Crippen molar-refractivity contribution in [2.45, 2.75) is 31.7 Å². The molecule has 1 N–H and O–H groups in total. The van der Waals surface area contributed by atoms with Crippen molar-refractivity contribution in [3.63, 3.8) is 0 Å². The highest BCUT2D eigenvalue weighted by Gasteiger charge is 2.21. The van der Waals surface area contributed by atoms with Crippen LogP contribution in [0.2, 0.25) is 0 Å². The second kappa shape index (κ2) is 5.24. The molecule has 0 bridgehead atoms. The molecule has 3 nitrogen and oxygen atoms in total. The van der Waals surface area contributed by atoms with Crippen LogP contribution >= 0.6 is 11.3 Å². The van der Waals surface area contributed by atoms with Gasteiger partial charge < -0.3 is 9.88 Å². The monoisotopic (exact) mass is 261 g/mol. The molecule has 1 fully saturated rings. The molecule has 1 aliphatic heterocycles. The van der Waals surface area contributed by atoms with Crippen molar-refractivity contribution in [2.75, 3.05) is 13.1 Å². The van der Waals surface area contributed by atoms with Gasteiger partial charge in [-0.3, -0.25) is 0 Å². The Bertz CT molecular complexity index is 483. The lowest BCUT2D eigenvalue weighted by Crippen LogP contribution is -2.29. The predicted molar refractivity (Wildman–Crippen MR) is 75.2 cm³/mol. The Balaban J connectivity index is 1.86. The summed E-state index contributed by atoms with van der Waals surface area (Å²) >= 11 is 1.82. The van der Waals surface area contributed by atoms with Crippen molar-refractivity contribution in [3.8, 4) is 0 Å². The van der Waals surface area contributed by atoms with Crippen LogP contribution in [0.25, 0.3) is 0 Å². The molecule has 18 heavy (non-hydrogen) atoms. The molecule has 4 heteroatoms. The van der Waals surface area contributed by atoms with E-state index in [1.54, 1.807) is 0 Å². The van der Waals surface area contributed by atoms with E-state index in [1.165, 1.54) is 23.4 Å². The van der Waals surface area contributed by atoms with E-state index in [0.29, 0.717) is 12.0 Å². The van der Waals surface area contributed by atoms with Crippen LogP contribution in [0.1, 0.15) is 42.3 Å². The van der Waals surface area contributed by atoms with Crippen LogP contribution in [0.5, 0.6) is 0 Å². The highest BCUT2D eigenvalue weighted by atomic mass is 32.1. The number of thiophene rings is 1. The van der Waals surface area contributed by atoms with Crippen LogP contribution in [0.4, 0.5) is 0 Å². The zero-order valence-electron chi connectivity index (χ0n) is 10.7. The summed E-state index contributed by atoms with van der Waals surface area (Å²) in [6, 6.07) is 4.72. The summed E-state index contributed by atoms with van der Waals surface area (Å²) in [5, 5.41) is 5.63. The van der Waals surface area contributed by atoms with Gasteiger partial charge in [0.05, 0.1) is 12.4 Å². The summed E-state index contributed by atoms with van der Waals surface area (Å²) < 4.78 is 2.34. The molecule has 3 heterocycles. The van der Waals surface area contributed by atoms with Gasteiger partial charge in [-0.2, -0.15) is 0 Å². The fraction of sp³-hybridized carbons (Fsp3) is 0.500. The minimum Gasteiger partial charge on any atom is -0.326 e. The average Bonchev–Trinajstić information content (AvgIpc) is 3.10. The Morgan fingerprint density at radius 2 is 2.50 bits per heavy atom. The number of nitrogens with zero attached hydrogens (tertiary/aromatic N) is 2. The Labute approximate surface area is 112 Å². The maximum absolute atomic E-state index is 4.37. The molecular weight excluding hydrogens is 242 g/mol. The molecule has 0 spiro atoms. The SMILES string of the molecule is CC(c1cccs1)n1cncc1C1CCCNC1. The fourth-order valence-electron chi connectivity index (χ4n) is 2.73. The zero-order valence-corrected chi connectivity index (χ0v) is 11.5. The third-order valence-electron chi connectivity index (χ3n) is 3.78. The van der Waals surface area contributed by atoms with Gasteiger partial charge in [-0.15, -0.1) is 11.3 Å². The summed E-state index contributed by atoms with van der Waals surface area (Å²) in [5.41, 5.74) is 1.38. The van der Waals surface area contributed by atoms with Crippen molar-refractivity contribution in [1.29, 1.82) is 0 Å². The Morgan fingerprint density at radius 3 is 3.22 bits per heavy atom. The Kier molecular flexibility index (Phi) is 3.48. The molecule has 2 aromatic rings. The maximum Gasteiger partial charge on any atom is 0.0954 e. The molecule has 1 saturated heterocycles. The summed E-state index contributed by atoms with van der Waals surface area (Å²) in [5.74, 6) is 0.615. The minimum atomic E-state index is 0.393. The fourth-order valence-corrected chi connectivity index (χ4v) is 3.51. The molecule has 3 rings (SSSR count). The second-order valence-corrected chi connectivity index (χ2v) is 5.94. The van der Waals surface area contributed by atoms with Gasteiger partial charge >= 0.3 is 0 Å². The molecule has 0 saturated carbocycles. The van der Waals surface area contributed by atoms with Crippen molar-refractivity contribution < 1.29 is 0 Å². The molecule has 2 atom stereocenters. The molecule has 0 amide bonds. The number of rotatable bonds is 3. The van der Waals surface area contributed by atoms with Crippen LogP contribution in [0.15, 0.2) is 30.0 Å².